The number of hydrogen-bond donors (Lipinski definition) is 2. The van der Waals surface area contributed by atoms with Crippen LogP contribution in [-0.2, 0) is 20.2 Å². The van der Waals surface area contributed by atoms with Gasteiger partial charge in [0.25, 0.3) is 17.3 Å². The lowest BCUT2D eigenvalue weighted by Crippen LogP contribution is -2.37. The van der Waals surface area contributed by atoms with Crippen LogP contribution >= 0.6 is 0 Å². The number of benzene rings is 3. The number of nitro groups is 2. The van der Waals surface area contributed by atoms with E-state index in [0.717, 1.165) is 25.1 Å². The van der Waals surface area contributed by atoms with Crippen LogP contribution in [0, 0.1) is 20.2 Å². The molecule has 0 aliphatic rings. The van der Waals surface area contributed by atoms with E-state index in [-0.39, 0.29) is 22.9 Å². The molecule has 0 spiro atoms. The van der Waals surface area contributed by atoms with Gasteiger partial charge < -0.3 is 18.8 Å². The average Bonchev–Trinajstić information content (AvgIpc) is 3.45. The molecule has 44 heavy (non-hydrogen) atoms. The van der Waals surface area contributed by atoms with Crippen molar-refractivity contribution in [1.82, 2.24) is 15.4 Å². The van der Waals surface area contributed by atoms with Crippen LogP contribution in [0.15, 0.2) is 69.4 Å². The van der Waals surface area contributed by atoms with Crippen molar-refractivity contribution >= 4 is 43.2 Å². The topological polar surface area (TPSA) is 283 Å². The summed E-state index contributed by atoms with van der Waals surface area (Å²) in [5, 5.41) is 33.2. The summed E-state index contributed by atoms with van der Waals surface area (Å²) in [7, 11) is -8.31. The van der Waals surface area contributed by atoms with Crippen LogP contribution in [0.5, 0.6) is 17.2 Å². The Kier molecular flexibility index (Phi) is 8.52. The molecule has 0 aliphatic carbocycles. The van der Waals surface area contributed by atoms with Crippen molar-refractivity contribution in [2.24, 2.45) is 4.99 Å². The molecule has 3 aromatic carbocycles. The highest BCUT2D eigenvalue weighted by molar-refractivity contribution is 7.86. The molecule has 2 N–H and O–H groups in total. The molecule has 0 saturated carbocycles. The van der Waals surface area contributed by atoms with E-state index in [4.69, 9.17) is 14.2 Å². The minimum atomic E-state index is -5.39. The van der Waals surface area contributed by atoms with Crippen molar-refractivity contribution in [1.29, 1.82) is 0 Å². The van der Waals surface area contributed by atoms with Crippen LogP contribution in [0.4, 0.5) is 17.1 Å². The number of H-pyrrole nitrogens is 1. The molecule has 4 rings (SSSR count). The van der Waals surface area contributed by atoms with Gasteiger partial charge in [0.15, 0.2) is 22.1 Å². The highest BCUT2D eigenvalue weighted by Crippen LogP contribution is 2.37. The summed E-state index contributed by atoms with van der Waals surface area (Å²) in [6.07, 6.45) is 0. The molecule has 0 bridgehead atoms. The smallest absolute Gasteiger partial charge is 0.393 e. The Balaban J connectivity index is 1.91. The fourth-order valence-corrected chi connectivity index (χ4v) is 4.90. The first kappa shape index (κ1) is 31.4. The zero-order valence-electron chi connectivity index (χ0n) is 22.0. The van der Waals surface area contributed by atoms with Gasteiger partial charge in [0.05, 0.1) is 47.0 Å². The molecule has 0 unspecified atom stereocenters. The summed E-state index contributed by atoms with van der Waals surface area (Å²) in [5.74, 6) is -2.14. The van der Waals surface area contributed by atoms with Gasteiger partial charge in [-0.1, -0.05) is 18.2 Å². The van der Waals surface area contributed by atoms with Crippen LogP contribution in [0.2, 0.25) is 0 Å². The predicted molar refractivity (Wildman–Crippen MR) is 142 cm³/mol. The first-order chi connectivity index (χ1) is 20.6. The number of aliphatic imine (C=N–C) groups is 1. The van der Waals surface area contributed by atoms with Crippen molar-refractivity contribution < 1.29 is 54.8 Å². The van der Waals surface area contributed by atoms with E-state index < -0.39 is 68.7 Å². The molecule has 4 aromatic rings. The molecule has 20 nitrogen and oxygen atoms in total. The van der Waals surface area contributed by atoms with Crippen molar-refractivity contribution in [2.45, 2.75) is 9.79 Å². The Morgan fingerprint density at radius 1 is 0.909 bits per heavy atom. The second kappa shape index (κ2) is 12.0. The average molecular weight is 652 g/mol. The Morgan fingerprint density at radius 3 is 2.05 bits per heavy atom. The molecule has 0 amide bonds. The molecule has 0 aliphatic heterocycles. The van der Waals surface area contributed by atoms with Crippen molar-refractivity contribution in [3.63, 3.8) is 0 Å². The number of aromatic nitrogens is 4. The number of nitro benzene ring substituents is 2. The summed E-state index contributed by atoms with van der Waals surface area (Å²) in [6.45, 7) is 0. The van der Waals surface area contributed by atoms with Gasteiger partial charge in [-0.3, -0.25) is 24.8 Å². The second-order valence-electron chi connectivity index (χ2n) is 8.21. The Hall–Kier alpha value is -5.58. The molecule has 0 saturated heterocycles. The molecule has 0 fully saturated rings. The molecule has 1 aromatic heterocycles. The Bertz CT molecular complexity index is 2030. The predicted octanol–water partition coefficient (Wildman–Crippen LogP) is 1.22. The van der Waals surface area contributed by atoms with Gasteiger partial charge in [-0.15, -0.1) is 0 Å². The fraction of sp³-hybridized carbons (Fsp3) is 0.0909. The van der Waals surface area contributed by atoms with Gasteiger partial charge in [-0.2, -0.15) is 8.42 Å². The maximum absolute atomic E-state index is 11.9. The number of nitrogens with one attached hydrogen (secondary N) is 1. The molecular formula is C22H17N7O13S2. The number of methoxy groups -OCH3 is 2. The molecule has 22 heteroatoms. The van der Waals surface area contributed by atoms with E-state index in [1.165, 1.54) is 12.1 Å². The lowest BCUT2D eigenvalue weighted by Gasteiger charge is -2.13. The van der Waals surface area contributed by atoms with E-state index in [2.05, 4.69) is 20.4 Å². The molecule has 0 atom stereocenters. The summed E-state index contributed by atoms with van der Waals surface area (Å²) in [5.41, 5.74) is -2.15. The van der Waals surface area contributed by atoms with Crippen LogP contribution in [0.25, 0.3) is 5.69 Å². The molecular weight excluding hydrogens is 634 g/mol. The molecule has 0 radical (unpaired) electrons. The quantitative estimate of drug-likeness (QED) is 0.0608. The molecule has 230 valence electrons. The SMILES string of the molecule is COc1cc([N+](=O)[O-])c(S(=O)(=O)[O-])cc1OC(=Nc1ccccc1)c1n[nH][n+](-c2cc(S(=O)(=O)O)c([N+](=O)[O-])cc2OC)n1. The number of nitrogens with zero attached hydrogens (tertiary/aromatic N) is 6. The zero-order valence-corrected chi connectivity index (χ0v) is 23.7. The van der Waals surface area contributed by atoms with Gasteiger partial charge in [0.1, 0.15) is 15.0 Å². The van der Waals surface area contributed by atoms with Gasteiger partial charge in [-0.05, 0) is 27.2 Å². The minimum Gasteiger partial charge on any atom is -0.744 e. The van der Waals surface area contributed by atoms with E-state index in [1.54, 1.807) is 18.2 Å². The largest absolute Gasteiger partial charge is 0.744 e. The third-order valence-electron chi connectivity index (χ3n) is 5.50. The van der Waals surface area contributed by atoms with E-state index in [9.17, 15) is 46.2 Å². The van der Waals surface area contributed by atoms with Crippen molar-refractivity contribution in [3.05, 3.63) is 80.7 Å². The van der Waals surface area contributed by atoms with Crippen molar-refractivity contribution in [2.75, 3.05) is 14.2 Å². The highest BCUT2D eigenvalue weighted by Gasteiger charge is 2.32. The molecule has 1 heterocycles. The monoisotopic (exact) mass is 651 g/mol. The van der Waals surface area contributed by atoms with E-state index >= 15 is 0 Å². The summed E-state index contributed by atoms with van der Waals surface area (Å²) in [4.78, 5) is 23.4. The van der Waals surface area contributed by atoms with E-state index in [1.807, 2.05) is 0 Å². The third-order valence-corrected chi connectivity index (χ3v) is 7.25. The lowest BCUT2D eigenvalue weighted by atomic mass is 10.2. The Labute approximate surface area is 245 Å². The first-order valence-corrected chi connectivity index (χ1v) is 14.3. The fourth-order valence-electron chi connectivity index (χ4n) is 3.60. The maximum atomic E-state index is 11.9. The number of aromatic amines is 1. The third kappa shape index (κ3) is 6.57. The van der Waals surface area contributed by atoms with Crippen LogP contribution in [-0.4, -0.2) is 71.3 Å². The number of para-hydroxylation sites is 1. The number of tetrazole rings is 1. The normalized spacial score (nSPS) is 12.0. The minimum absolute atomic E-state index is 0.234. The van der Waals surface area contributed by atoms with Crippen LogP contribution in [0.1, 0.15) is 5.82 Å². The summed E-state index contributed by atoms with van der Waals surface area (Å²) < 4.78 is 84.7. The second-order valence-corrected chi connectivity index (χ2v) is 10.9. The van der Waals surface area contributed by atoms with Gasteiger partial charge in [-0.25, -0.2) is 13.4 Å². The highest BCUT2D eigenvalue weighted by atomic mass is 32.2. The lowest BCUT2D eigenvalue weighted by molar-refractivity contribution is -0.717. The van der Waals surface area contributed by atoms with Crippen LogP contribution < -0.4 is 19.0 Å². The Morgan fingerprint density at radius 2 is 1.50 bits per heavy atom. The maximum Gasteiger partial charge on any atom is 0.393 e. The van der Waals surface area contributed by atoms with Crippen molar-refractivity contribution in [3.8, 4) is 22.9 Å². The first-order valence-electron chi connectivity index (χ1n) is 11.5. The summed E-state index contributed by atoms with van der Waals surface area (Å²) in [6, 6.07) is 10.5. The standard InChI is InChI=1S/C22H17N7O13S2/c1-40-16-8-14(28(30)31)19(43(34,35)36)10-13(16)27-25-21(24-26-27)22(23-12-6-4-3-5-7-12)42-18-11-20(44(37,38)39)15(29(32)33)9-17(18)41-2/h3-11H,1-2H3,(H2,34,35,36,37,38,39). The van der Waals surface area contributed by atoms with Gasteiger partial charge >= 0.3 is 15.9 Å². The van der Waals surface area contributed by atoms with E-state index in [0.29, 0.717) is 18.2 Å². The number of ether oxygens (including phenoxy) is 3. The van der Waals surface area contributed by atoms with Gasteiger partial charge in [0, 0.05) is 12.1 Å². The zero-order chi connectivity index (χ0) is 32.4. The van der Waals surface area contributed by atoms with Gasteiger partial charge in [0.2, 0.25) is 5.69 Å². The number of hydrogen-bond acceptors (Lipinski definition) is 15. The summed E-state index contributed by atoms with van der Waals surface area (Å²) >= 11 is 0. The van der Waals surface area contributed by atoms with Crippen LogP contribution in [0.3, 0.4) is 0 Å². The number of rotatable bonds is 10.